The molecule has 1 fully saturated rings. The molecule has 0 spiro atoms. The molecule has 1 aliphatic heterocycles. The van der Waals surface area contributed by atoms with Crippen LogP contribution in [0.3, 0.4) is 0 Å². The first-order valence-electron chi connectivity index (χ1n) is 9.68. The molecule has 3 rings (SSSR count). The lowest BCUT2D eigenvalue weighted by Crippen LogP contribution is -2.23. The van der Waals surface area contributed by atoms with Crippen molar-refractivity contribution in [2.24, 2.45) is 0 Å². The molecule has 0 aromatic heterocycles. The molecule has 8 heteroatoms. The molecule has 164 valence electrons. The quantitative estimate of drug-likeness (QED) is 0.557. The van der Waals surface area contributed by atoms with Crippen LogP contribution < -0.4 is 9.47 Å². The Hall–Kier alpha value is -2.13. The van der Waals surface area contributed by atoms with Gasteiger partial charge in [-0.1, -0.05) is 30.3 Å². The molecule has 7 nitrogen and oxygen atoms in total. The first-order chi connectivity index (χ1) is 14.2. The monoisotopic (exact) mass is 436 g/mol. The van der Waals surface area contributed by atoms with Crippen molar-refractivity contribution in [3.8, 4) is 11.5 Å². The zero-order valence-electron chi connectivity index (χ0n) is 17.7. The van der Waals surface area contributed by atoms with Crippen LogP contribution in [0.1, 0.15) is 30.5 Å². The highest BCUT2D eigenvalue weighted by molar-refractivity contribution is 7.85. The molecule has 1 saturated heterocycles. The summed E-state index contributed by atoms with van der Waals surface area (Å²) in [5, 5.41) is 0. The lowest BCUT2D eigenvalue weighted by molar-refractivity contribution is -0.138. The lowest BCUT2D eigenvalue weighted by Gasteiger charge is -2.20. The molecule has 1 aliphatic rings. The predicted octanol–water partition coefficient (Wildman–Crippen LogP) is 3.44. The Kier molecular flexibility index (Phi) is 7.02. The van der Waals surface area contributed by atoms with Gasteiger partial charge in [-0.05, 0) is 31.5 Å². The Bertz CT molecular complexity index is 969. The summed E-state index contributed by atoms with van der Waals surface area (Å²) >= 11 is 0. The largest absolute Gasteiger partial charge is 0.496 e. The smallest absolute Gasteiger partial charge is 0.264 e. The first-order valence-corrected chi connectivity index (χ1v) is 11.5. The zero-order chi connectivity index (χ0) is 21.8. The molecule has 1 heterocycles. The number of ether oxygens (including phenoxy) is 4. The van der Waals surface area contributed by atoms with Crippen molar-refractivity contribution >= 4 is 10.1 Å². The molecule has 0 bridgehead atoms. The van der Waals surface area contributed by atoms with Crippen LogP contribution in [0, 0.1) is 0 Å². The maximum atomic E-state index is 11.3. The van der Waals surface area contributed by atoms with Crippen molar-refractivity contribution in [1.29, 1.82) is 0 Å². The fourth-order valence-electron chi connectivity index (χ4n) is 3.35. The summed E-state index contributed by atoms with van der Waals surface area (Å²) in [5.74, 6) is 0.733. The zero-order valence-corrected chi connectivity index (χ0v) is 18.5. The molecular formula is C22H28O7S. The van der Waals surface area contributed by atoms with Crippen molar-refractivity contribution in [3.05, 3.63) is 59.2 Å². The van der Waals surface area contributed by atoms with Crippen LogP contribution in [0.5, 0.6) is 11.5 Å². The van der Waals surface area contributed by atoms with E-state index in [0.29, 0.717) is 30.9 Å². The molecule has 1 atom stereocenters. The average molecular weight is 437 g/mol. The number of rotatable bonds is 9. The van der Waals surface area contributed by atoms with E-state index in [9.17, 15) is 8.42 Å². The summed E-state index contributed by atoms with van der Waals surface area (Å²) in [5.41, 5.74) is 2.61. The Morgan fingerprint density at radius 3 is 2.40 bits per heavy atom. The predicted molar refractivity (Wildman–Crippen MR) is 112 cm³/mol. The van der Waals surface area contributed by atoms with Crippen LogP contribution in [0.4, 0.5) is 0 Å². The van der Waals surface area contributed by atoms with Crippen LogP contribution in [0.25, 0.3) is 0 Å². The highest BCUT2D eigenvalue weighted by Gasteiger charge is 2.33. The minimum atomic E-state index is -3.54. The lowest BCUT2D eigenvalue weighted by atomic mass is 10.0. The molecular weight excluding hydrogens is 408 g/mol. The van der Waals surface area contributed by atoms with Crippen LogP contribution in [0.2, 0.25) is 0 Å². The summed E-state index contributed by atoms with van der Waals surface area (Å²) in [6.45, 7) is 4.52. The van der Waals surface area contributed by atoms with E-state index < -0.39 is 15.9 Å². The number of methoxy groups -OCH3 is 1. The molecule has 0 radical (unpaired) electrons. The van der Waals surface area contributed by atoms with Crippen LogP contribution in [-0.4, -0.2) is 40.3 Å². The minimum absolute atomic E-state index is 0.0782. The third kappa shape index (κ3) is 6.18. The minimum Gasteiger partial charge on any atom is -0.496 e. The van der Waals surface area contributed by atoms with Gasteiger partial charge in [0.05, 0.1) is 32.7 Å². The number of hydrogen-bond acceptors (Lipinski definition) is 7. The summed E-state index contributed by atoms with van der Waals surface area (Å²) in [6, 6.07) is 13.0. The van der Waals surface area contributed by atoms with Gasteiger partial charge in [0, 0.05) is 17.5 Å². The molecule has 0 N–H and O–H groups in total. The van der Waals surface area contributed by atoms with E-state index in [0.717, 1.165) is 23.1 Å². The number of hydrogen-bond donors (Lipinski definition) is 0. The van der Waals surface area contributed by atoms with Gasteiger partial charge in [-0.15, -0.1) is 0 Å². The molecule has 2 aromatic rings. The normalized spacial score (nSPS) is 18.3. The van der Waals surface area contributed by atoms with Crippen LogP contribution in [0.15, 0.2) is 42.5 Å². The van der Waals surface area contributed by atoms with Gasteiger partial charge in [0.1, 0.15) is 18.1 Å². The second-order valence-electron chi connectivity index (χ2n) is 7.62. The SMILES string of the molecule is COc1cccc(COc2ccccc2COS(C)(=O)=O)c1CC1COC(C)(C)O1. The van der Waals surface area contributed by atoms with Gasteiger partial charge in [-0.25, -0.2) is 0 Å². The highest BCUT2D eigenvalue weighted by Crippen LogP contribution is 2.31. The standard InChI is InChI=1S/C22H28O7S/c1-22(2)27-15-18(29-22)12-19-16(9-7-11-21(19)25-3)13-26-20-10-6-5-8-17(20)14-28-30(4,23)24/h5-11,18H,12-15H2,1-4H3. The topological polar surface area (TPSA) is 80.3 Å². The molecule has 30 heavy (non-hydrogen) atoms. The van der Waals surface area contributed by atoms with Crippen molar-refractivity contribution in [2.45, 2.75) is 45.4 Å². The van der Waals surface area contributed by atoms with Gasteiger partial charge in [0.25, 0.3) is 10.1 Å². The van der Waals surface area contributed by atoms with Gasteiger partial charge < -0.3 is 18.9 Å². The summed E-state index contributed by atoms with van der Waals surface area (Å²) in [6.07, 6.45) is 1.57. The van der Waals surface area contributed by atoms with Gasteiger partial charge >= 0.3 is 0 Å². The molecule has 0 aliphatic carbocycles. The van der Waals surface area contributed by atoms with Crippen molar-refractivity contribution in [1.82, 2.24) is 0 Å². The van der Waals surface area contributed by atoms with E-state index in [1.165, 1.54) is 0 Å². The Labute approximate surface area is 178 Å². The van der Waals surface area contributed by atoms with E-state index >= 15 is 0 Å². The van der Waals surface area contributed by atoms with Crippen molar-refractivity contribution in [2.75, 3.05) is 20.0 Å². The Morgan fingerprint density at radius 1 is 1.03 bits per heavy atom. The maximum absolute atomic E-state index is 11.3. The second kappa shape index (κ2) is 9.34. The molecule has 0 saturated carbocycles. The van der Waals surface area contributed by atoms with Crippen LogP contribution in [-0.2, 0) is 43.4 Å². The van der Waals surface area contributed by atoms with Crippen molar-refractivity contribution in [3.63, 3.8) is 0 Å². The summed E-state index contributed by atoms with van der Waals surface area (Å²) < 4.78 is 50.8. The summed E-state index contributed by atoms with van der Waals surface area (Å²) in [7, 11) is -1.91. The van der Waals surface area contributed by atoms with Crippen molar-refractivity contribution < 1.29 is 31.5 Å². The molecule has 0 amide bonds. The second-order valence-corrected chi connectivity index (χ2v) is 9.26. The third-order valence-corrected chi connectivity index (χ3v) is 5.28. The van der Waals surface area contributed by atoms with Gasteiger partial charge in [0.2, 0.25) is 0 Å². The fraction of sp³-hybridized carbons (Fsp3) is 0.455. The Morgan fingerprint density at radius 2 is 1.73 bits per heavy atom. The van der Waals surface area contributed by atoms with Crippen LogP contribution >= 0.6 is 0 Å². The average Bonchev–Trinajstić information content (AvgIpc) is 3.03. The first kappa shape index (κ1) is 22.6. The maximum Gasteiger partial charge on any atom is 0.264 e. The van der Waals surface area contributed by atoms with Gasteiger partial charge in [-0.2, -0.15) is 8.42 Å². The Balaban J connectivity index is 1.76. The third-order valence-electron chi connectivity index (χ3n) is 4.73. The summed E-state index contributed by atoms with van der Waals surface area (Å²) in [4.78, 5) is 0. The number of benzene rings is 2. The number of para-hydroxylation sites is 1. The van der Waals surface area contributed by atoms with E-state index in [-0.39, 0.29) is 12.7 Å². The molecule has 2 aromatic carbocycles. The van der Waals surface area contributed by atoms with E-state index in [4.69, 9.17) is 23.1 Å². The van der Waals surface area contributed by atoms with E-state index in [1.807, 2.05) is 44.2 Å². The highest BCUT2D eigenvalue weighted by atomic mass is 32.2. The molecule has 1 unspecified atom stereocenters. The van der Waals surface area contributed by atoms with E-state index in [1.54, 1.807) is 19.2 Å². The van der Waals surface area contributed by atoms with Gasteiger partial charge in [-0.3, -0.25) is 4.18 Å². The van der Waals surface area contributed by atoms with Gasteiger partial charge in [0.15, 0.2) is 5.79 Å². The fourth-order valence-corrected chi connectivity index (χ4v) is 3.69. The van der Waals surface area contributed by atoms with E-state index in [2.05, 4.69) is 0 Å².